The van der Waals surface area contributed by atoms with Gasteiger partial charge < -0.3 is 0 Å². The Morgan fingerprint density at radius 1 is 1.08 bits per heavy atom. The van der Waals surface area contributed by atoms with Crippen molar-refractivity contribution in [1.29, 1.82) is 0 Å². The third-order valence-electron chi connectivity index (χ3n) is 2.27. The molecule has 72 valence electrons. The van der Waals surface area contributed by atoms with E-state index in [1.54, 1.807) is 0 Å². The fraction of sp³-hybridized carbons (Fsp3) is 0.583. The molecule has 0 heterocycles. The summed E-state index contributed by atoms with van der Waals surface area (Å²) in [6, 6.07) is 0. The van der Waals surface area contributed by atoms with Gasteiger partial charge in [-0.15, -0.1) is 5.73 Å². The third-order valence-corrected chi connectivity index (χ3v) is 2.58. The first kappa shape index (κ1) is 10.7. The zero-order valence-corrected chi connectivity index (χ0v) is 9.02. The highest BCUT2D eigenvalue weighted by Crippen LogP contribution is 2.13. The molecule has 0 aromatic rings. The Kier molecular flexibility index (Phi) is 5.80. The van der Waals surface area contributed by atoms with Gasteiger partial charge in [-0.1, -0.05) is 31.4 Å². The molecule has 0 saturated carbocycles. The number of hydrogen-bond acceptors (Lipinski definition) is 1. The molecule has 0 nitrogen and oxygen atoms in total. The number of thiol groups is 1. The predicted molar refractivity (Wildman–Crippen MR) is 62.3 cm³/mol. The van der Waals surface area contributed by atoms with Crippen LogP contribution in [0.5, 0.6) is 0 Å². The predicted octanol–water partition coefficient (Wildman–Crippen LogP) is 3.91. The first-order valence-corrected chi connectivity index (χ1v) is 5.80. The molecule has 0 spiro atoms. The molecule has 0 aromatic carbocycles. The molecule has 1 aliphatic rings. The van der Waals surface area contributed by atoms with Gasteiger partial charge in [0.15, 0.2) is 0 Å². The van der Waals surface area contributed by atoms with E-state index in [2.05, 4.69) is 30.5 Å². The van der Waals surface area contributed by atoms with Gasteiger partial charge in [-0.05, 0) is 36.7 Å². The Hall–Kier alpha value is -0.390. The van der Waals surface area contributed by atoms with Gasteiger partial charge in [0.1, 0.15) is 0 Å². The van der Waals surface area contributed by atoms with Crippen LogP contribution in [-0.2, 0) is 0 Å². The molecule has 0 aromatic heterocycles. The Morgan fingerprint density at radius 3 is 2.54 bits per heavy atom. The molecule has 0 atom stereocenters. The van der Waals surface area contributed by atoms with E-state index in [4.69, 9.17) is 0 Å². The summed E-state index contributed by atoms with van der Waals surface area (Å²) in [7, 11) is 0. The maximum Gasteiger partial charge on any atom is -0.00601 e. The standard InChI is InChI=1S/C12H18S/c13-11-7-3-1-2-4-8-12-9-5-6-10-12/h5-6,9,13H,1-4,7-8,11H2. The molecule has 1 rings (SSSR count). The minimum absolute atomic E-state index is 1.04. The molecule has 0 fully saturated rings. The quantitative estimate of drug-likeness (QED) is 0.354. The van der Waals surface area contributed by atoms with Crippen LogP contribution in [0.4, 0.5) is 0 Å². The van der Waals surface area contributed by atoms with Crippen molar-refractivity contribution in [3.05, 3.63) is 29.5 Å². The largest absolute Gasteiger partial charge is 0.179 e. The Balaban J connectivity index is 1.90. The minimum atomic E-state index is 1.04. The maximum atomic E-state index is 4.19. The van der Waals surface area contributed by atoms with E-state index >= 15 is 0 Å². The van der Waals surface area contributed by atoms with E-state index in [1.807, 2.05) is 6.08 Å². The van der Waals surface area contributed by atoms with Crippen molar-refractivity contribution in [2.75, 3.05) is 5.75 Å². The molecule has 0 N–H and O–H groups in total. The zero-order valence-electron chi connectivity index (χ0n) is 8.13. The van der Waals surface area contributed by atoms with Gasteiger partial charge in [-0.25, -0.2) is 0 Å². The second-order valence-corrected chi connectivity index (χ2v) is 3.88. The summed E-state index contributed by atoms with van der Waals surface area (Å²) < 4.78 is 0. The van der Waals surface area contributed by atoms with E-state index in [-0.39, 0.29) is 0 Å². The van der Waals surface area contributed by atoms with Crippen molar-refractivity contribution in [2.24, 2.45) is 0 Å². The van der Waals surface area contributed by atoms with Crippen LogP contribution in [0.1, 0.15) is 38.5 Å². The summed E-state index contributed by atoms with van der Waals surface area (Å²) in [5.41, 5.74) is 4.60. The number of rotatable bonds is 7. The van der Waals surface area contributed by atoms with Gasteiger partial charge in [0, 0.05) is 0 Å². The molecule has 1 aliphatic carbocycles. The molecule has 0 bridgehead atoms. The molecule has 1 heteroatoms. The van der Waals surface area contributed by atoms with Crippen molar-refractivity contribution in [2.45, 2.75) is 38.5 Å². The first-order chi connectivity index (χ1) is 6.43. The minimum Gasteiger partial charge on any atom is -0.179 e. The third kappa shape index (κ3) is 5.02. The average molecular weight is 194 g/mol. The van der Waals surface area contributed by atoms with E-state index in [0.717, 1.165) is 5.75 Å². The van der Waals surface area contributed by atoms with E-state index < -0.39 is 0 Å². The van der Waals surface area contributed by atoms with Crippen LogP contribution < -0.4 is 0 Å². The smallest absolute Gasteiger partial charge is 0.00601 e. The highest BCUT2D eigenvalue weighted by molar-refractivity contribution is 7.80. The van der Waals surface area contributed by atoms with Gasteiger partial charge in [-0.2, -0.15) is 12.6 Å². The van der Waals surface area contributed by atoms with Crippen molar-refractivity contribution in [3.8, 4) is 0 Å². The lowest BCUT2D eigenvalue weighted by atomic mass is 10.1. The fourth-order valence-corrected chi connectivity index (χ4v) is 1.70. The number of hydrogen-bond donors (Lipinski definition) is 1. The highest BCUT2D eigenvalue weighted by Gasteiger charge is 1.95. The van der Waals surface area contributed by atoms with E-state index in [0.29, 0.717) is 0 Å². The van der Waals surface area contributed by atoms with Crippen LogP contribution in [0, 0.1) is 0 Å². The molecule has 0 amide bonds. The normalized spacial score (nSPS) is 13.8. The van der Waals surface area contributed by atoms with Crippen LogP contribution in [0.3, 0.4) is 0 Å². The maximum absolute atomic E-state index is 4.19. The van der Waals surface area contributed by atoms with Crippen molar-refractivity contribution in [1.82, 2.24) is 0 Å². The van der Waals surface area contributed by atoms with Gasteiger partial charge in [0.05, 0.1) is 0 Å². The Bertz CT molecular complexity index is 219. The summed E-state index contributed by atoms with van der Waals surface area (Å²) in [4.78, 5) is 0. The zero-order chi connectivity index (χ0) is 9.36. The van der Waals surface area contributed by atoms with E-state index in [1.165, 1.54) is 44.1 Å². The van der Waals surface area contributed by atoms with Crippen LogP contribution in [0.15, 0.2) is 29.5 Å². The van der Waals surface area contributed by atoms with E-state index in [9.17, 15) is 0 Å². The topological polar surface area (TPSA) is 0 Å². The van der Waals surface area contributed by atoms with Crippen LogP contribution >= 0.6 is 12.6 Å². The summed E-state index contributed by atoms with van der Waals surface area (Å²) in [5.74, 6) is 1.04. The lowest BCUT2D eigenvalue weighted by Gasteiger charge is -1.99. The first-order valence-electron chi connectivity index (χ1n) is 5.16. The van der Waals surface area contributed by atoms with Crippen LogP contribution in [0.2, 0.25) is 0 Å². The second kappa shape index (κ2) is 7.06. The van der Waals surface area contributed by atoms with Crippen LogP contribution in [0.25, 0.3) is 0 Å². The summed E-state index contributed by atoms with van der Waals surface area (Å²) in [5, 5.41) is 0. The summed E-state index contributed by atoms with van der Waals surface area (Å²) in [6.45, 7) is 0. The monoisotopic (exact) mass is 194 g/mol. The Labute approximate surface area is 86.8 Å². The average Bonchev–Trinajstić information content (AvgIpc) is 2.63. The van der Waals surface area contributed by atoms with Gasteiger partial charge in [0.2, 0.25) is 0 Å². The number of allylic oxidation sites excluding steroid dienone is 3. The lowest BCUT2D eigenvalue weighted by Crippen LogP contribution is -1.81. The molecule has 13 heavy (non-hydrogen) atoms. The fourth-order valence-electron chi connectivity index (χ4n) is 1.48. The highest BCUT2D eigenvalue weighted by atomic mass is 32.1. The number of unbranched alkanes of at least 4 members (excludes halogenated alkanes) is 4. The summed E-state index contributed by atoms with van der Waals surface area (Å²) >= 11 is 4.19. The van der Waals surface area contributed by atoms with Crippen molar-refractivity contribution in [3.63, 3.8) is 0 Å². The molecular weight excluding hydrogens is 176 g/mol. The second-order valence-electron chi connectivity index (χ2n) is 3.44. The van der Waals surface area contributed by atoms with Gasteiger partial charge in [0.25, 0.3) is 0 Å². The van der Waals surface area contributed by atoms with Crippen molar-refractivity contribution < 1.29 is 0 Å². The molecule has 0 aliphatic heterocycles. The van der Waals surface area contributed by atoms with Gasteiger partial charge >= 0.3 is 0 Å². The molecule has 0 saturated heterocycles. The Morgan fingerprint density at radius 2 is 1.85 bits per heavy atom. The molecular formula is C12H18S. The SMILES string of the molecule is SCCCCCCCC1=C=CC=C1. The molecule has 0 unspecified atom stereocenters. The molecule has 0 radical (unpaired) electrons. The van der Waals surface area contributed by atoms with Crippen LogP contribution in [-0.4, -0.2) is 5.75 Å². The van der Waals surface area contributed by atoms with Gasteiger partial charge in [-0.3, -0.25) is 0 Å². The lowest BCUT2D eigenvalue weighted by molar-refractivity contribution is 0.636. The summed E-state index contributed by atoms with van der Waals surface area (Å²) in [6.07, 6.45) is 14.1. The van der Waals surface area contributed by atoms with Crippen molar-refractivity contribution >= 4 is 12.6 Å².